The normalized spacial score (nSPS) is 15.2. The zero-order valence-corrected chi connectivity index (χ0v) is 15.0. The van der Waals surface area contributed by atoms with E-state index in [1.54, 1.807) is 4.90 Å². The molecule has 0 aromatic rings. The third kappa shape index (κ3) is 7.06. The van der Waals surface area contributed by atoms with Crippen LogP contribution in [0.15, 0.2) is 4.99 Å². The molecule has 1 aliphatic rings. The van der Waals surface area contributed by atoms with Gasteiger partial charge in [-0.05, 0) is 26.7 Å². The summed E-state index contributed by atoms with van der Waals surface area (Å²) in [7, 11) is 1.40. The maximum absolute atomic E-state index is 11.7. The van der Waals surface area contributed by atoms with E-state index in [9.17, 15) is 9.59 Å². The third-order valence-electron chi connectivity index (χ3n) is 3.72. The number of guanidine groups is 1. The van der Waals surface area contributed by atoms with E-state index < -0.39 is 0 Å². The van der Waals surface area contributed by atoms with E-state index in [1.165, 1.54) is 7.11 Å². The molecule has 1 N–H and O–H groups in total. The fraction of sp³-hybridized carbons (Fsp3) is 0.812. The molecule has 24 heavy (non-hydrogen) atoms. The quantitative estimate of drug-likeness (QED) is 0.322. The second kappa shape index (κ2) is 11.5. The van der Waals surface area contributed by atoms with E-state index in [0.717, 1.165) is 38.4 Å². The van der Waals surface area contributed by atoms with Crippen LogP contribution in [-0.4, -0.2) is 80.8 Å². The van der Waals surface area contributed by atoms with Gasteiger partial charge in [0.2, 0.25) is 0 Å². The molecule has 1 rings (SSSR count). The number of hydrogen-bond donors (Lipinski definition) is 1. The topological polar surface area (TPSA) is 83.5 Å². The van der Waals surface area contributed by atoms with Crippen LogP contribution in [0.1, 0.15) is 33.1 Å². The fourth-order valence-electron chi connectivity index (χ4n) is 2.41. The summed E-state index contributed by atoms with van der Waals surface area (Å²) < 4.78 is 9.65. The first kappa shape index (κ1) is 20.1. The van der Waals surface area contributed by atoms with Crippen LogP contribution >= 0.6 is 0 Å². The summed E-state index contributed by atoms with van der Waals surface area (Å²) in [4.78, 5) is 31.3. The highest BCUT2D eigenvalue weighted by atomic mass is 16.6. The number of ether oxygens (including phenoxy) is 2. The number of carbonyl (C=O) groups excluding carboxylic acids is 2. The van der Waals surface area contributed by atoms with E-state index in [-0.39, 0.29) is 12.1 Å². The number of amides is 1. The predicted octanol–water partition coefficient (Wildman–Crippen LogP) is 1.07. The van der Waals surface area contributed by atoms with Crippen molar-refractivity contribution in [1.29, 1.82) is 0 Å². The standard InChI is InChI=1S/C16H30N4O4/c1-4-17-15(18-9-7-6-8-14(21)23-3)19-10-12-20(13-11-19)16(22)24-5-2/h4-13H2,1-3H3,(H,17,18). The van der Waals surface area contributed by atoms with Gasteiger partial charge in [-0.2, -0.15) is 0 Å². The minimum absolute atomic E-state index is 0.180. The number of aliphatic imine (C=N–C) groups is 1. The number of esters is 1. The molecule has 0 spiro atoms. The Morgan fingerprint density at radius 1 is 1.08 bits per heavy atom. The zero-order valence-electron chi connectivity index (χ0n) is 15.0. The minimum atomic E-state index is -0.248. The molecule has 1 amide bonds. The van der Waals surface area contributed by atoms with Crippen LogP contribution in [0.2, 0.25) is 0 Å². The maximum atomic E-state index is 11.7. The van der Waals surface area contributed by atoms with Crippen molar-refractivity contribution in [2.45, 2.75) is 33.1 Å². The van der Waals surface area contributed by atoms with Crippen molar-refractivity contribution in [3.8, 4) is 0 Å². The van der Waals surface area contributed by atoms with Crippen LogP contribution in [0.4, 0.5) is 4.79 Å². The highest BCUT2D eigenvalue weighted by Gasteiger charge is 2.23. The fourth-order valence-corrected chi connectivity index (χ4v) is 2.41. The van der Waals surface area contributed by atoms with E-state index in [1.807, 2.05) is 13.8 Å². The van der Waals surface area contributed by atoms with Crippen molar-refractivity contribution in [2.75, 3.05) is 53.0 Å². The molecular formula is C16H30N4O4. The second-order valence-electron chi connectivity index (χ2n) is 5.44. The molecular weight excluding hydrogens is 312 g/mol. The SMILES string of the molecule is CCNC(=NCCCCC(=O)OC)N1CCN(C(=O)OCC)CC1. The highest BCUT2D eigenvalue weighted by Crippen LogP contribution is 2.05. The summed E-state index contributed by atoms with van der Waals surface area (Å²) in [6, 6.07) is 0. The Labute approximate surface area is 144 Å². The number of carbonyl (C=O) groups is 2. The van der Waals surface area contributed by atoms with Crippen LogP contribution in [0, 0.1) is 0 Å². The van der Waals surface area contributed by atoms with E-state index in [4.69, 9.17) is 4.74 Å². The smallest absolute Gasteiger partial charge is 0.409 e. The van der Waals surface area contributed by atoms with Crippen LogP contribution in [-0.2, 0) is 14.3 Å². The van der Waals surface area contributed by atoms with Crippen molar-refractivity contribution in [1.82, 2.24) is 15.1 Å². The third-order valence-corrected chi connectivity index (χ3v) is 3.72. The van der Waals surface area contributed by atoms with Crippen molar-refractivity contribution in [3.05, 3.63) is 0 Å². The molecule has 0 radical (unpaired) electrons. The molecule has 0 saturated carbocycles. The Morgan fingerprint density at radius 2 is 1.75 bits per heavy atom. The van der Waals surface area contributed by atoms with Crippen molar-refractivity contribution < 1.29 is 19.1 Å². The van der Waals surface area contributed by atoms with Gasteiger partial charge >= 0.3 is 12.1 Å². The van der Waals surface area contributed by atoms with Gasteiger partial charge < -0.3 is 24.6 Å². The molecule has 0 unspecified atom stereocenters. The Kier molecular flexibility index (Phi) is 9.64. The van der Waals surface area contributed by atoms with Gasteiger partial charge in [0.15, 0.2) is 5.96 Å². The lowest BCUT2D eigenvalue weighted by molar-refractivity contribution is -0.140. The lowest BCUT2D eigenvalue weighted by Gasteiger charge is -2.35. The Balaban J connectivity index is 2.40. The number of piperazine rings is 1. The molecule has 0 atom stereocenters. The molecule has 8 nitrogen and oxygen atoms in total. The Hall–Kier alpha value is -1.99. The molecule has 8 heteroatoms. The molecule has 0 aromatic heterocycles. The summed E-state index contributed by atoms with van der Waals surface area (Å²) in [6.45, 7) is 8.41. The monoisotopic (exact) mass is 342 g/mol. The predicted molar refractivity (Wildman–Crippen MR) is 92.0 cm³/mol. The number of nitrogens with one attached hydrogen (secondary N) is 1. The zero-order chi connectivity index (χ0) is 17.8. The van der Waals surface area contributed by atoms with Crippen LogP contribution in [0.3, 0.4) is 0 Å². The second-order valence-corrected chi connectivity index (χ2v) is 5.44. The molecule has 0 bridgehead atoms. The van der Waals surface area contributed by atoms with E-state index in [2.05, 4.69) is 19.9 Å². The van der Waals surface area contributed by atoms with Gasteiger partial charge in [-0.15, -0.1) is 0 Å². The van der Waals surface area contributed by atoms with E-state index in [0.29, 0.717) is 32.7 Å². The largest absolute Gasteiger partial charge is 0.469 e. The van der Waals surface area contributed by atoms with Gasteiger partial charge in [-0.3, -0.25) is 9.79 Å². The van der Waals surface area contributed by atoms with E-state index >= 15 is 0 Å². The highest BCUT2D eigenvalue weighted by molar-refractivity contribution is 5.80. The number of rotatable bonds is 7. The molecule has 1 saturated heterocycles. The van der Waals surface area contributed by atoms with Crippen molar-refractivity contribution >= 4 is 18.0 Å². The number of unbranched alkanes of at least 4 members (excludes halogenated alkanes) is 1. The first-order valence-electron chi connectivity index (χ1n) is 8.64. The molecule has 0 aliphatic carbocycles. The molecule has 0 aromatic carbocycles. The summed E-state index contributed by atoms with van der Waals surface area (Å²) >= 11 is 0. The molecule has 1 fully saturated rings. The van der Waals surface area contributed by atoms with Gasteiger partial charge in [0.1, 0.15) is 0 Å². The van der Waals surface area contributed by atoms with Gasteiger partial charge in [-0.25, -0.2) is 4.79 Å². The lowest BCUT2D eigenvalue weighted by atomic mass is 10.2. The molecule has 1 heterocycles. The van der Waals surface area contributed by atoms with Gasteiger partial charge in [0.05, 0.1) is 13.7 Å². The van der Waals surface area contributed by atoms with Gasteiger partial charge in [0, 0.05) is 45.7 Å². The van der Waals surface area contributed by atoms with Crippen LogP contribution in [0.25, 0.3) is 0 Å². The first-order valence-corrected chi connectivity index (χ1v) is 8.64. The Morgan fingerprint density at radius 3 is 2.33 bits per heavy atom. The van der Waals surface area contributed by atoms with Crippen molar-refractivity contribution in [3.63, 3.8) is 0 Å². The average Bonchev–Trinajstić information content (AvgIpc) is 2.60. The summed E-state index contributed by atoms with van der Waals surface area (Å²) in [5.41, 5.74) is 0. The minimum Gasteiger partial charge on any atom is -0.469 e. The molecule has 138 valence electrons. The van der Waals surface area contributed by atoms with Gasteiger partial charge in [0.25, 0.3) is 0 Å². The number of hydrogen-bond acceptors (Lipinski definition) is 5. The first-order chi connectivity index (χ1) is 11.6. The maximum Gasteiger partial charge on any atom is 0.409 e. The molecule has 1 aliphatic heterocycles. The average molecular weight is 342 g/mol. The lowest BCUT2D eigenvalue weighted by Crippen LogP contribution is -2.53. The summed E-state index contributed by atoms with van der Waals surface area (Å²) in [5, 5.41) is 3.28. The van der Waals surface area contributed by atoms with Gasteiger partial charge in [-0.1, -0.05) is 0 Å². The number of methoxy groups -OCH3 is 1. The number of nitrogens with zero attached hydrogens (tertiary/aromatic N) is 3. The van der Waals surface area contributed by atoms with Crippen LogP contribution < -0.4 is 5.32 Å². The van der Waals surface area contributed by atoms with Crippen LogP contribution in [0.5, 0.6) is 0 Å². The summed E-state index contributed by atoms with van der Waals surface area (Å²) in [5.74, 6) is 0.681. The van der Waals surface area contributed by atoms with Crippen molar-refractivity contribution in [2.24, 2.45) is 4.99 Å². The summed E-state index contributed by atoms with van der Waals surface area (Å²) in [6.07, 6.45) is 1.79. The Bertz CT molecular complexity index is 420.